The van der Waals surface area contributed by atoms with Crippen molar-refractivity contribution < 1.29 is 14.3 Å². The minimum atomic E-state index is 0. The summed E-state index contributed by atoms with van der Waals surface area (Å²) in [5, 5.41) is 6.47. The molecular formula is C18H27ClN2O3. The lowest BCUT2D eigenvalue weighted by atomic mass is 9.92. The standard InChI is InChI=1S/C18H26N2O3.ClH/c1-22-14-3-4-16(23-2)13(11-14)5-8-20-17(21)15-12-18(15)6-9-19-10-7-18;/h3-4,11,15,19H,5-10,12H2,1-2H3,(H,20,21);1H. The Morgan fingerprint density at radius 2 is 2.04 bits per heavy atom. The molecule has 5 nitrogen and oxygen atoms in total. The van der Waals surface area contributed by atoms with E-state index in [1.807, 2.05) is 18.2 Å². The molecule has 1 saturated heterocycles. The SMILES string of the molecule is COc1ccc(OC)c(CCNC(=O)C2CC23CCNCC3)c1.Cl. The second-order valence-electron chi connectivity index (χ2n) is 6.59. The third-order valence-electron chi connectivity index (χ3n) is 5.29. The van der Waals surface area contributed by atoms with Crippen LogP contribution >= 0.6 is 12.4 Å². The van der Waals surface area contributed by atoms with Crippen molar-refractivity contribution in [1.29, 1.82) is 0 Å². The highest BCUT2D eigenvalue weighted by molar-refractivity contribution is 5.85. The average Bonchev–Trinajstić information content (AvgIpc) is 3.28. The van der Waals surface area contributed by atoms with E-state index in [1.54, 1.807) is 14.2 Å². The van der Waals surface area contributed by atoms with Crippen molar-refractivity contribution in [3.63, 3.8) is 0 Å². The molecular weight excluding hydrogens is 328 g/mol. The third-order valence-corrected chi connectivity index (χ3v) is 5.29. The summed E-state index contributed by atoms with van der Waals surface area (Å²) in [4.78, 5) is 12.4. The number of carbonyl (C=O) groups is 1. The molecule has 1 aliphatic carbocycles. The predicted octanol–water partition coefficient (Wildman–Crippen LogP) is 2.17. The van der Waals surface area contributed by atoms with Crippen LogP contribution in [-0.4, -0.2) is 39.8 Å². The number of amides is 1. The van der Waals surface area contributed by atoms with Crippen LogP contribution in [0.3, 0.4) is 0 Å². The number of methoxy groups -OCH3 is 2. The molecule has 0 aromatic heterocycles. The van der Waals surface area contributed by atoms with Crippen LogP contribution in [0.1, 0.15) is 24.8 Å². The number of hydrogen-bond donors (Lipinski definition) is 2. The van der Waals surface area contributed by atoms with Gasteiger partial charge < -0.3 is 20.1 Å². The summed E-state index contributed by atoms with van der Waals surface area (Å²) in [7, 11) is 3.31. The van der Waals surface area contributed by atoms with Crippen molar-refractivity contribution in [2.45, 2.75) is 25.7 Å². The first-order valence-corrected chi connectivity index (χ1v) is 8.38. The third kappa shape index (κ3) is 3.95. The van der Waals surface area contributed by atoms with Gasteiger partial charge in [-0.15, -0.1) is 12.4 Å². The molecule has 0 radical (unpaired) electrons. The van der Waals surface area contributed by atoms with Crippen molar-refractivity contribution in [1.82, 2.24) is 10.6 Å². The van der Waals surface area contributed by atoms with E-state index < -0.39 is 0 Å². The van der Waals surface area contributed by atoms with E-state index in [-0.39, 0.29) is 24.2 Å². The number of halogens is 1. The summed E-state index contributed by atoms with van der Waals surface area (Å²) in [5.74, 6) is 2.08. The highest BCUT2D eigenvalue weighted by Gasteiger charge is 2.57. The van der Waals surface area contributed by atoms with Crippen molar-refractivity contribution in [2.24, 2.45) is 11.3 Å². The molecule has 2 fully saturated rings. The highest BCUT2D eigenvalue weighted by atomic mass is 35.5. The van der Waals surface area contributed by atoms with Crippen molar-refractivity contribution in [3.05, 3.63) is 23.8 Å². The number of piperidine rings is 1. The van der Waals surface area contributed by atoms with Gasteiger partial charge in [-0.1, -0.05) is 0 Å². The van der Waals surface area contributed by atoms with Gasteiger partial charge in [0.05, 0.1) is 14.2 Å². The fourth-order valence-electron chi connectivity index (χ4n) is 3.72. The number of rotatable bonds is 6. The molecule has 2 N–H and O–H groups in total. The number of ether oxygens (including phenoxy) is 2. The molecule has 1 aliphatic heterocycles. The molecule has 1 amide bonds. The second-order valence-corrected chi connectivity index (χ2v) is 6.59. The Hall–Kier alpha value is -1.46. The molecule has 24 heavy (non-hydrogen) atoms. The van der Waals surface area contributed by atoms with Gasteiger partial charge in [-0.2, -0.15) is 0 Å². The monoisotopic (exact) mass is 354 g/mol. The zero-order valence-corrected chi connectivity index (χ0v) is 15.2. The van der Waals surface area contributed by atoms with Gasteiger partial charge in [-0.05, 0) is 68.0 Å². The van der Waals surface area contributed by atoms with E-state index in [9.17, 15) is 4.79 Å². The van der Waals surface area contributed by atoms with Crippen molar-refractivity contribution in [2.75, 3.05) is 33.9 Å². The lowest BCUT2D eigenvalue weighted by Crippen LogP contribution is -2.34. The van der Waals surface area contributed by atoms with E-state index in [1.165, 1.54) is 0 Å². The van der Waals surface area contributed by atoms with Crippen LogP contribution in [0.5, 0.6) is 11.5 Å². The molecule has 1 spiro atoms. The van der Waals surface area contributed by atoms with E-state index >= 15 is 0 Å². The molecule has 1 atom stereocenters. The van der Waals surface area contributed by atoms with Crippen LogP contribution < -0.4 is 20.1 Å². The lowest BCUT2D eigenvalue weighted by molar-refractivity contribution is -0.123. The highest BCUT2D eigenvalue weighted by Crippen LogP contribution is 2.58. The summed E-state index contributed by atoms with van der Waals surface area (Å²) in [5.41, 5.74) is 1.35. The summed E-state index contributed by atoms with van der Waals surface area (Å²) in [6.45, 7) is 2.72. The zero-order valence-electron chi connectivity index (χ0n) is 14.4. The van der Waals surface area contributed by atoms with Gasteiger partial charge >= 0.3 is 0 Å². The summed E-state index contributed by atoms with van der Waals surface area (Å²) >= 11 is 0. The second kappa shape index (κ2) is 8.08. The van der Waals surface area contributed by atoms with E-state index in [0.717, 1.165) is 55.8 Å². The van der Waals surface area contributed by atoms with E-state index in [4.69, 9.17) is 9.47 Å². The first-order valence-electron chi connectivity index (χ1n) is 8.38. The number of benzene rings is 1. The maximum absolute atomic E-state index is 12.4. The molecule has 1 aromatic rings. The van der Waals surface area contributed by atoms with Gasteiger partial charge in [0.15, 0.2) is 0 Å². The molecule has 2 aliphatic rings. The Kier molecular flexibility index (Phi) is 6.35. The Bertz CT molecular complexity index is 573. The molecule has 1 unspecified atom stereocenters. The first kappa shape index (κ1) is 18.9. The van der Waals surface area contributed by atoms with Crippen molar-refractivity contribution in [3.8, 4) is 11.5 Å². The molecule has 3 rings (SSSR count). The van der Waals surface area contributed by atoms with Crippen LogP contribution in [0.25, 0.3) is 0 Å². The Labute approximate surface area is 149 Å². The van der Waals surface area contributed by atoms with Crippen molar-refractivity contribution >= 4 is 18.3 Å². The summed E-state index contributed by atoms with van der Waals surface area (Å²) in [6, 6.07) is 5.75. The summed E-state index contributed by atoms with van der Waals surface area (Å²) in [6.07, 6.45) is 4.07. The van der Waals surface area contributed by atoms with Crippen LogP contribution in [0.4, 0.5) is 0 Å². The smallest absolute Gasteiger partial charge is 0.223 e. The number of hydrogen-bond acceptors (Lipinski definition) is 4. The molecule has 1 heterocycles. The predicted molar refractivity (Wildman–Crippen MR) is 96.2 cm³/mol. The van der Waals surface area contributed by atoms with Crippen LogP contribution in [0.15, 0.2) is 18.2 Å². The van der Waals surface area contributed by atoms with Gasteiger partial charge in [0.2, 0.25) is 5.91 Å². The van der Waals surface area contributed by atoms with E-state index in [2.05, 4.69) is 10.6 Å². The number of nitrogens with one attached hydrogen (secondary N) is 2. The van der Waals surface area contributed by atoms with Gasteiger partial charge in [-0.25, -0.2) is 0 Å². The average molecular weight is 355 g/mol. The largest absolute Gasteiger partial charge is 0.497 e. The van der Waals surface area contributed by atoms with Gasteiger partial charge in [-0.3, -0.25) is 4.79 Å². The minimum Gasteiger partial charge on any atom is -0.497 e. The number of carbonyl (C=O) groups excluding carboxylic acids is 1. The fraction of sp³-hybridized carbons (Fsp3) is 0.611. The van der Waals surface area contributed by atoms with Gasteiger partial charge in [0.1, 0.15) is 11.5 Å². The van der Waals surface area contributed by atoms with Gasteiger partial charge in [0.25, 0.3) is 0 Å². The van der Waals surface area contributed by atoms with Crippen LogP contribution in [0, 0.1) is 11.3 Å². The Morgan fingerprint density at radius 3 is 2.71 bits per heavy atom. The Morgan fingerprint density at radius 1 is 1.29 bits per heavy atom. The molecule has 1 aromatic carbocycles. The quantitative estimate of drug-likeness (QED) is 0.822. The minimum absolute atomic E-state index is 0. The summed E-state index contributed by atoms with van der Waals surface area (Å²) < 4.78 is 10.6. The molecule has 134 valence electrons. The Balaban J connectivity index is 0.00000208. The topological polar surface area (TPSA) is 59.6 Å². The van der Waals surface area contributed by atoms with Gasteiger partial charge in [0, 0.05) is 12.5 Å². The van der Waals surface area contributed by atoms with E-state index in [0.29, 0.717) is 12.0 Å². The molecule has 6 heteroatoms. The lowest BCUT2D eigenvalue weighted by Gasteiger charge is -2.23. The van der Waals surface area contributed by atoms with Crippen LogP contribution in [-0.2, 0) is 11.2 Å². The fourth-order valence-corrected chi connectivity index (χ4v) is 3.72. The first-order chi connectivity index (χ1) is 11.2. The van der Waals surface area contributed by atoms with Crippen LogP contribution in [0.2, 0.25) is 0 Å². The normalized spacial score (nSPS) is 20.8. The molecule has 1 saturated carbocycles. The maximum Gasteiger partial charge on any atom is 0.223 e. The zero-order chi connectivity index (χ0) is 16.3. The molecule has 0 bridgehead atoms. The maximum atomic E-state index is 12.4.